The van der Waals surface area contributed by atoms with Crippen LogP contribution in [0.2, 0.25) is 10.0 Å². The van der Waals surface area contributed by atoms with Crippen molar-refractivity contribution in [3.05, 3.63) is 69.2 Å². The van der Waals surface area contributed by atoms with E-state index in [0.717, 1.165) is 24.1 Å². The topological polar surface area (TPSA) is 81.8 Å². The van der Waals surface area contributed by atoms with Gasteiger partial charge in [-0.3, -0.25) is 0 Å². The summed E-state index contributed by atoms with van der Waals surface area (Å²) in [5.74, 6) is 0. The van der Waals surface area contributed by atoms with Crippen LogP contribution < -0.4 is 0 Å². The lowest BCUT2D eigenvalue weighted by Crippen LogP contribution is -1.93. The summed E-state index contributed by atoms with van der Waals surface area (Å²) < 4.78 is 0. The van der Waals surface area contributed by atoms with Crippen molar-refractivity contribution in [1.29, 1.82) is 10.8 Å². The zero-order valence-electron chi connectivity index (χ0n) is 11.8. The first-order chi connectivity index (χ1) is 10.5. The summed E-state index contributed by atoms with van der Waals surface area (Å²) in [5, 5.41) is 12.1. The number of hydrogen-bond donors (Lipinski definition) is 2. The van der Waals surface area contributed by atoms with Gasteiger partial charge in [0.1, 0.15) is 0 Å². The Bertz CT molecular complexity index is 649. The van der Waals surface area contributed by atoms with Crippen molar-refractivity contribution < 1.29 is 9.59 Å². The number of nitrogens with one attached hydrogen (secondary N) is 2. The van der Waals surface area contributed by atoms with Crippen molar-refractivity contribution >= 4 is 35.4 Å². The van der Waals surface area contributed by atoms with Crippen LogP contribution in [0, 0.1) is 17.7 Å². The number of hydrogen-bond acceptors (Lipinski definition) is 4. The van der Waals surface area contributed by atoms with Crippen LogP contribution in [0.5, 0.6) is 0 Å². The molecule has 0 spiro atoms. The Kier molecular flexibility index (Phi) is 10.3. The lowest BCUT2D eigenvalue weighted by atomic mass is 10.0. The van der Waals surface area contributed by atoms with Crippen molar-refractivity contribution in [3.8, 4) is 0 Å². The molecule has 0 radical (unpaired) electrons. The van der Waals surface area contributed by atoms with Gasteiger partial charge in [0.2, 0.25) is 12.2 Å². The second-order valence-electron chi connectivity index (χ2n) is 4.02. The minimum absolute atomic E-state index is 0.623. The van der Waals surface area contributed by atoms with E-state index in [1.165, 1.54) is 11.1 Å². The van der Waals surface area contributed by atoms with Gasteiger partial charge in [-0.25, -0.2) is 20.4 Å². The smallest absolute Gasteiger partial charge is 0.222 e. The largest absolute Gasteiger partial charge is 0.231 e. The molecule has 0 bridgehead atoms. The van der Waals surface area contributed by atoms with Crippen LogP contribution in [0.25, 0.3) is 0 Å². The molecule has 0 aliphatic rings. The van der Waals surface area contributed by atoms with Gasteiger partial charge in [-0.05, 0) is 36.1 Å². The summed E-state index contributed by atoms with van der Waals surface area (Å²) in [7, 11) is 0. The second kappa shape index (κ2) is 11.4. The van der Waals surface area contributed by atoms with Gasteiger partial charge in [-0.1, -0.05) is 59.6 Å². The summed E-state index contributed by atoms with van der Waals surface area (Å²) in [6.07, 6.45) is 2.33. The third-order valence-electron chi connectivity index (χ3n) is 2.65. The second-order valence-corrected chi connectivity index (χ2v) is 4.81. The van der Waals surface area contributed by atoms with Crippen molar-refractivity contribution in [3.63, 3.8) is 0 Å². The highest BCUT2D eigenvalue weighted by molar-refractivity contribution is 6.42. The molecule has 22 heavy (non-hydrogen) atoms. The molecule has 0 amide bonds. The van der Waals surface area contributed by atoms with Crippen LogP contribution in [-0.4, -0.2) is 12.2 Å². The number of carbonyl (C=O) groups excluding carboxylic acids is 2. The van der Waals surface area contributed by atoms with E-state index < -0.39 is 0 Å². The van der Waals surface area contributed by atoms with Crippen LogP contribution in [0.1, 0.15) is 16.7 Å². The van der Waals surface area contributed by atoms with Gasteiger partial charge in [0.05, 0.1) is 10.0 Å². The molecule has 0 aliphatic carbocycles. The zero-order valence-corrected chi connectivity index (χ0v) is 13.3. The van der Waals surface area contributed by atoms with E-state index in [1.807, 2.05) is 30.3 Å². The standard InChI is InChI=1S/C14H12Cl2.2CHNO/c1-10-7-8-13(15)14(16)12(10)9-11-5-3-2-4-6-11;2*2-1-3/h2-8H,9H2,1H3;2*2H. The molecule has 2 rings (SSSR count). The number of rotatable bonds is 2. The van der Waals surface area contributed by atoms with E-state index in [2.05, 4.69) is 19.1 Å². The first-order valence-electron chi connectivity index (χ1n) is 6.06. The van der Waals surface area contributed by atoms with Crippen molar-refractivity contribution in [2.24, 2.45) is 0 Å². The average Bonchev–Trinajstić information content (AvgIpc) is 2.50. The molecule has 0 saturated heterocycles. The number of halogens is 2. The predicted octanol–water partition coefficient (Wildman–Crippen LogP) is 4.69. The van der Waals surface area contributed by atoms with Gasteiger partial charge >= 0.3 is 0 Å². The van der Waals surface area contributed by atoms with Gasteiger partial charge < -0.3 is 0 Å². The van der Waals surface area contributed by atoms with Gasteiger partial charge in [0.25, 0.3) is 0 Å². The Morgan fingerprint density at radius 2 is 1.45 bits per heavy atom. The summed E-state index contributed by atoms with van der Waals surface area (Å²) in [6, 6.07) is 14.1. The first-order valence-corrected chi connectivity index (χ1v) is 6.82. The first kappa shape index (κ1) is 19.8. The maximum Gasteiger partial charge on any atom is 0.231 e. The number of isocyanates is 2. The van der Waals surface area contributed by atoms with Crippen LogP contribution in [0.4, 0.5) is 0 Å². The quantitative estimate of drug-likeness (QED) is 0.615. The SMILES string of the molecule is Cc1ccc(Cl)c(Cl)c1Cc1ccccc1.N=C=O.N=C=O. The molecular weight excluding hydrogens is 323 g/mol. The molecule has 0 aromatic heterocycles. The molecule has 0 atom stereocenters. The molecule has 2 aromatic rings. The highest BCUT2D eigenvalue weighted by Gasteiger charge is 2.08. The maximum atomic E-state index is 8.35. The van der Waals surface area contributed by atoms with Crippen LogP contribution in [0.3, 0.4) is 0 Å². The molecule has 2 aromatic carbocycles. The molecule has 0 unspecified atom stereocenters. The lowest BCUT2D eigenvalue weighted by molar-refractivity contribution is 0.562. The fraction of sp³-hybridized carbons (Fsp3) is 0.125. The van der Waals surface area contributed by atoms with E-state index in [1.54, 1.807) is 0 Å². The normalized spacial score (nSPS) is 8.32. The monoisotopic (exact) mass is 336 g/mol. The molecule has 0 fully saturated rings. The van der Waals surface area contributed by atoms with Crippen molar-refractivity contribution in [2.45, 2.75) is 13.3 Å². The van der Waals surface area contributed by atoms with Crippen LogP contribution >= 0.6 is 23.2 Å². The highest BCUT2D eigenvalue weighted by Crippen LogP contribution is 2.29. The summed E-state index contributed by atoms with van der Waals surface area (Å²) in [4.78, 5) is 16.7. The van der Waals surface area contributed by atoms with Gasteiger partial charge in [-0.2, -0.15) is 0 Å². The summed E-state index contributed by atoms with van der Waals surface area (Å²) >= 11 is 12.2. The highest BCUT2D eigenvalue weighted by atomic mass is 35.5. The number of aryl methyl sites for hydroxylation is 1. The Morgan fingerprint density at radius 1 is 0.955 bits per heavy atom. The summed E-state index contributed by atoms with van der Waals surface area (Å²) in [5.41, 5.74) is 3.54. The molecule has 114 valence electrons. The van der Waals surface area contributed by atoms with E-state index in [0.29, 0.717) is 10.0 Å². The third kappa shape index (κ3) is 6.98. The lowest BCUT2D eigenvalue weighted by Gasteiger charge is -2.09. The summed E-state index contributed by atoms with van der Waals surface area (Å²) in [6.45, 7) is 2.06. The molecule has 2 N–H and O–H groups in total. The minimum Gasteiger partial charge on any atom is -0.222 e. The fourth-order valence-corrected chi connectivity index (χ4v) is 2.16. The Balaban J connectivity index is 0.000000639. The van der Waals surface area contributed by atoms with Crippen molar-refractivity contribution in [2.75, 3.05) is 0 Å². The Labute approximate surface area is 138 Å². The van der Waals surface area contributed by atoms with Gasteiger partial charge in [0, 0.05) is 0 Å². The van der Waals surface area contributed by atoms with E-state index in [9.17, 15) is 0 Å². The van der Waals surface area contributed by atoms with Gasteiger partial charge in [0.15, 0.2) is 0 Å². The molecule has 0 aliphatic heterocycles. The number of benzene rings is 2. The molecule has 0 heterocycles. The third-order valence-corrected chi connectivity index (χ3v) is 3.50. The average molecular weight is 337 g/mol. The predicted molar refractivity (Wildman–Crippen MR) is 87.3 cm³/mol. The Hall–Kier alpha value is -2.22. The van der Waals surface area contributed by atoms with Crippen LogP contribution in [-0.2, 0) is 16.0 Å². The van der Waals surface area contributed by atoms with Gasteiger partial charge in [-0.15, -0.1) is 0 Å². The zero-order chi connectivity index (χ0) is 17.0. The van der Waals surface area contributed by atoms with Crippen LogP contribution in [0.15, 0.2) is 42.5 Å². The minimum atomic E-state index is 0.623. The fourth-order valence-electron chi connectivity index (χ4n) is 1.71. The van der Waals surface area contributed by atoms with Crippen molar-refractivity contribution in [1.82, 2.24) is 0 Å². The molecule has 6 heteroatoms. The molecule has 0 saturated carbocycles. The van der Waals surface area contributed by atoms with E-state index in [-0.39, 0.29) is 0 Å². The van der Waals surface area contributed by atoms with E-state index in [4.69, 9.17) is 43.6 Å². The van der Waals surface area contributed by atoms with E-state index >= 15 is 0 Å². The maximum absolute atomic E-state index is 8.35. The Morgan fingerprint density at radius 3 is 1.95 bits per heavy atom. The molecular formula is C16H14Cl2N2O2. The molecule has 4 nitrogen and oxygen atoms in total.